The second-order valence-electron chi connectivity index (χ2n) is 2.98. The topological polar surface area (TPSA) is 71.5 Å². The Balaban J connectivity index is 2.75. The number of hydroxylamine groups is 1. The maximum Gasteiger partial charge on any atom is 0.276 e. The third-order valence-corrected chi connectivity index (χ3v) is 2.12. The number of ether oxygens (including phenoxy) is 1. The lowest BCUT2D eigenvalue weighted by Gasteiger charge is -2.07. The maximum atomic E-state index is 11.1. The molecular formula is C11H11ClN2O3. The van der Waals surface area contributed by atoms with Gasteiger partial charge in [-0.3, -0.25) is 10.0 Å². The van der Waals surface area contributed by atoms with E-state index in [1.807, 2.05) is 0 Å². The third kappa shape index (κ3) is 3.94. The molecule has 0 aromatic carbocycles. The van der Waals surface area contributed by atoms with Crippen LogP contribution < -0.4 is 10.2 Å². The van der Waals surface area contributed by atoms with Crippen LogP contribution in [0.3, 0.4) is 0 Å². The third-order valence-electron chi connectivity index (χ3n) is 1.83. The number of nitrogens with one attached hydrogen (secondary N) is 1. The molecule has 17 heavy (non-hydrogen) atoms. The minimum atomic E-state index is -0.674. The summed E-state index contributed by atoms with van der Waals surface area (Å²) in [6.07, 6.45) is 1.80. The minimum Gasteiger partial charge on any atom is -0.489 e. The van der Waals surface area contributed by atoms with Crippen LogP contribution in [0.1, 0.15) is 23.7 Å². The molecule has 1 amide bonds. The van der Waals surface area contributed by atoms with E-state index >= 15 is 0 Å². The van der Waals surface area contributed by atoms with Gasteiger partial charge in [-0.2, -0.15) is 0 Å². The van der Waals surface area contributed by atoms with Crippen LogP contribution in [0.2, 0.25) is 5.15 Å². The van der Waals surface area contributed by atoms with Crippen LogP contribution in [0.5, 0.6) is 5.75 Å². The number of halogens is 1. The van der Waals surface area contributed by atoms with Gasteiger partial charge in [0.15, 0.2) is 10.9 Å². The normalized spacial score (nSPS) is 9.12. The number of hydrogen-bond acceptors (Lipinski definition) is 4. The van der Waals surface area contributed by atoms with Gasteiger partial charge in [0, 0.05) is 12.6 Å². The Labute approximate surface area is 104 Å². The van der Waals surface area contributed by atoms with Gasteiger partial charge in [0.05, 0.1) is 12.2 Å². The van der Waals surface area contributed by atoms with Crippen molar-refractivity contribution < 1.29 is 14.7 Å². The van der Waals surface area contributed by atoms with E-state index < -0.39 is 5.91 Å². The number of amides is 1. The van der Waals surface area contributed by atoms with Gasteiger partial charge >= 0.3 is 0 Å². The minimum absolute atomic E-state index is 0.156. The first-order valence-electron chi connectivity index (χ1n) is 4.81. The van der Waals surface area contributed by atoms with Crippen molar-refractivity contribution in [3.8, 4) is 17.6 Å². The van der Waals surface area contributed by atoms with Gasteiger partial charge in [-0.1, -0.05) is 11.6 Å². The first-order valence-corrected chi connectivity index (χ1v) is 5.19. The Kier molecular flexibility index (Phi) is 5.27. The van der Waals surface area contributed by atoms with Crippen LogP contribution in [0.25, 0.3) is 0 Å². The molecule has 2 N–H and O–H groups in total. The predicted molar refractivity (Wildman–Crippen MR) is 62.1 cm³/mol. The molecule has 0 unspecified atom stereocenters. The first kappa shape index (κ1) is 13.3. The van der Waals surface area contributed by atoms with Gasteiger partial charge in [-0.05, 0) is 13.0 Å². The van der Waals surface area contributed by atoms with Crippen molar-refractivity contribution in [2.75, 3.05) is 6.61 Å². The fourth-order valence-corrected chi connectivity index (χ4v) is 1.21. The number of hydrogen-bond donors (Lipinski definition) is 2. The number of nitrogens with zero attached hydrogens (tertiary/aromatic N) is 1. The van der Waals surface area contributed by atoms with E-state index in [4.69, 9.17) is 21.5 Å². The number of carbonyl (C=O) groups is 1. The maximum absolute atomic E-state index is 11.1. The molecule has 0 aliphatic rings. The van der Waals surface area contributed by atoms with Crippen LogP contribution in [0.15, 0.2) is 12.3 Å². The molecule has 1 aromatic heterocycles. The average Bonchev–Trinajstić information content (AvgIpc) is 2.35. The summed E-state index contributed by atoms with van der Waals surface area (Å²) >= 11 is 5.79. The Morgan fingerprint density at radius 2 is 2.47 bits per heavy atom. The van der Waals surface area contributed by atoms with E-state index in [2.05, 4.69) is 16.8 Å². The highest BCUT2D eigenvalue weighted by atomic mass is 35.5. The molecule has 0 aliphatic carbocycles. The van der Waals surface area contributed by atoms with Crippen molar-refractivity contribution in [1.29, 1.82) is 0 Å². The quantitative estimate of drug-likeness (QED) is 0.282. The molecule has 0 saturated carbocycles. The van der Waals surface area contributed by atoms with Gasteiger partial charge in [0.1, 0.15) is 0 Å². The van der Waals surface area contributed by atoms with Crippen molar-refractivity contribution >= 4 is 17.5 Å². The fourth-order valence-electron chi connectivity index (χ4n) is 1.05. The lowest BCUT2D eigenvalue weighted by Crippen LogP contribution is -2.18. The van der Waals surface area contributed by atoms with Crippen LogP contribution >= 0.6 is 11.6 Å². The number of carbonyl (C=O) groups excluding carboxylic acids is 1. The van der Waals surface area contributed by atoms with Crippen molar-refractivity contribution in [3.05, 3.63) is 23.0 Å². The van der Waals surface area contributed by atoms with E-state index in [-0.39, 0.29) is 16.5 Å². The monoisotopic (exact) mass is 254 g/mol. The molecule has 0 bridgehead atoms. The van der Waals surface area contributed by atoms with Gasteiger partial charge in [-0.25, -0.2) is 10.5 Å². The van der Waals surface area contributed by atoms with E-state index in [1.54, 1.807) is 6.92 Å². The molecule has 5 nitrogen and oxygen atoms in total. The molecule has 6 heteroatoms. The van der Waals surface area contributed by atoms with Crippen LogP contribution in [0, 0.1) is 11.8 Å². The van der Waals surface area contributed by atoms with Crippen molar-refractivity contribution in [3.63, 3.8) is 0 Å². The highest BCUT2D eigenvalue weighted by Crippen LogP contribution is 2.22. The molecule has 0 aliphatic heterocycles. The van der Waals surface area contributed by atoms with E-state index in [9.17, 15) is 4.79 Å². The summed E-state index contributed by atoms with van der Waals surface area (Å²) in [5, 5.41) is 8.63. The SMILES string of the molecule is CC#CCCOc1cc(C(=O)NO)cnc1Cl. The number of pyridine rings is 1. The lowest BCUT2D eigenvalue weighted by molar-refractivity contribution is 0.0705. The molecule has 0 saturated heterocycles. The highest BCUT2D eigenvalue weighted by molar-refractivity contribution is 6.30. The van der Waals surface area contributed by atoms with E-state index in [1.165, 1.54) is 17.7 Å². The van der Waals surface area contributed by atoms with Crippen LogP contribution in [-0.4, -0.2) is 22.7 Å². The summed E-state index contributed by atoms with van der Waals surface area (Å²) < 4.78 is 5.32. The molecule has 0 fully saturated rings. The lowest BCUT2D eigenvalue weighted by atomic mass is 10.2. The fraction of sp³-hybridized carbons (Fsp3) is 0.273. The zero-order valence-corrected chi connectivity index (χ0v) is 9.91. The summed E-state index contributed by atoms with van der Waals surface area (Å²) in [5.74, 6) is 5.17. The number of rotatable bonds is 4. The average molecular weight is 255 g/mol. The highest BCUT2D eigenvalue weighted by Gasteiger charge is 2.09. The van der Waals surface area contributed by atoms with Crippen LogP contribution in [-0.2, 0) is 0 Å². The molecule has 90 valence electrons. The Bertz CT molecular complexity index is 466. The van der Waals surface area contributed by atoms with Crippen molar-refractivity contribution in [2.24, 2.45) is 0 Å². The van der Waals surface area contributed by atoms with Crippen molar-refractivity contribution in [2.45, 2.75) is 13.3 Å². The summed E-state index contributed by atoms with van der Waals surface area (Å²) in [7, 11) is 0. The summed E-state index contributed by atoms with van der Waals surface area (Å²) in [5.41, 5.74) is 1.67. The molecular weight excluding hydrogens is 244 g/mol. The molecule has 0 radical (unpaired) electrons. The predicted octanol–water partition coefficient (Wildman–Crippen LogP) is 1.65. The molecule has 0 atom stereocenters. The number of aromatic nitrogens is 1. The zero-order valence-electron chi connectivity index (χ0n) is 9.16. The van der Waals surface area contributed by atoms with E-state index in [0.717, 1.165) is 0 Å². The summed E-state index contributed by atoms with van der Waals surface area (Å²) in [6.45, 7) is 2.09. The molecule has 1 rings (SSSR count). The van der Waals surface area contributed by atoms with Gasteiger partial charge in [-0.15, -0.1) is 11.8 Å². The standard InChI is InChI=1S/C11H11ClN2O3/c1-2-3-4-5-17-9-6-8(11(15)14-16)7-13-10(9)12/h6-7,16H,4-5H2,1H3,(H,14,15). The summed E-state index contributed by atoms with van der Waals surface area (Å²) in [4.78, 5) is 14.9. The second-order valence-corrected chi connectivity index (χ2v) is 3.34. The Hall–Kier alpha value is -1.77. The first-order chi connectivity index (χ1) is 8.19. The molecule has 1 heterocycles. The Morgan fingerprint density at radius 1 is 1.71 bits per heavy atom. The second kappa shape index (κ2) is 6.74. The smallest absolute Gasteiger partial charge is 0.276 e. The van der Waals surface area contributed by atoms with Gasteiger partial charge < -0.3 is 4.74 Å². The Morgan fingerprint density at radius 3 is 3.12 bits per heavy atom. The molecule has 1 aromatic rings. The van der Waals surface area contributed by atoms with Crippen molar-refractivity contribution in [1.82, 2.24) is 10.5 Å². The summed E-state index contributed by atoms with van der Waals surface area (Å²) in [6, 6.07) is 1.40. The van der Waals surface area contributed by atoms with E-state index in [0.29, 0.717) is 13.0 Å². The molecule has 0 spiro atoms. The zero-order chi connectivity index (χ0) is 12.7. The van der Waals surface area contributed by atoms with Gasteiger partial charge in [0.25, 0.3) is 5.91 Å². The largest absolute Gasteiger partial charge is 0.489 e. The van der Waals surface area contributed by atoms with Crippen LogP contribution in [0.4, 0.5) is 0 Å². The van der Waals surface area contributed by atoms with Gasteiger partial charge in [0.2, 0.25) is 0 Å².